The zero-order chi connectivity index (χ0) is 21.6. The third kappa shape index (κ3) is 5.85. The summed E-state index contributed by atoms with van der Waals surface area (Å²) >= 11 is 3.96. The second-order valence-corrected chi connectivity index (χ2v) is 8.16. The van der Waals surface area contributed by atoms with Crippen molar-refractivity contribution in [3.05, 3.63) is 0 Å². The molecule has 0 aromatic rings. The highest BCUT2D eigenvalue weighted by molar-refractivity contribution is 7.80. The number of aliphatic carboxylic acids is 1. The van der Waals surface area contributed by atoms with Gasteiger partial charge in [0.2, 0.25) is 17.7 Å². The first-order valence-electron chi connectivity index (χ1n) is 10.3. The van der Waals surface area contributed by atoms with Gasteiger partial charge in [-0.15, -0.1) is 0 Å². The molecule has 164 valence electrons. The topological polar surface area (TPSA) is 128 Å². The molecule has 10 heteroatoms. The Bertz CT molecular complexity index is 626. The summed E-state index contributed by atoms with van der Waals surface area (Å²) in [5, 5.41) is 17.5. The van der Waals surface area contributed by atoms with Gasteiger partial charge in [-0.05, 0) is 38.1 Å². The van der Waals surface area contributed by atoms with E-state index in [0.29, 0.717) is 19.4 Å². The Kier molecular flexibility index (Phi) is 8.76. The van der Waals surface area contributed by atoms with Crippen LogP contribution in [0.25, 0.3) is 0 Å². The van der Waals surface area contributed by atoms with Gasteiger partial charge in [-0.25, -0.2) is 4.79 Å². The Hall–Kier alpha value is -1.81. The van der Waals surface area contributed by atoms with Crippen molar-refractivity contribution < 1.29 is 24.3 Å². The van der Waals surface area contributed by atoms with Crippen LogP contribution in [0.4, 0.5) is 0 Å². The molecule has 2 saturated heterocycles. The van der Waals surface area contributed by atoms with E-state index in [0.717, 1.165) is 25.8 Å². The number of hydrogen-bond acceptors (Lipinski definition) is 6. The molecular formula is C19H32N4O5S. The van der Waals surface area contributed by atoms with Gasteiger partial charge in [0.1, 0.15) is 18.1 Å². The molecule has 0 spiro atoms. The maximum absolute atomic E-state index is 13.0. The first-order chi connectivity index (χ1) is 13.8. The normalized spacial score (nSPS) is 24.6. The summed E-state index contributed by atoms with van der Waals surface area (Å²) in [4.78, 5) is 51.2. The minimum Gasteiger partial charge on any atom is -0.480 e. The Morgan fingerprint density at radius 1 is 1.21 bits per heavy atom. The van der Waals surface area contributed by atoms with E-state index in [1.807, 2.05) is 13.8 Å². The Balaban J connectivity index is 2.07. The molecule has 2 fully saturated rings. The number of carboxylic acids is 1. The molecule has 3 amide bonds. The number of likely N-dealkylation sites (tertiary alicyclic amines) is 1. The van der Waals surface area contributed by atoms with Crippen LogP contribution in [0.3, 0.4) is 0 Å². The molecule has 0 aliphatic carbocycles. The summed E-state index contributed by atoms with van der Waals surface area (Å²) in [6, 6.07) is -2.86. The molecule has 0 radical (unpaired) electrons. The van der Waals surface area contributed by atoms with Crippen molar-refractivity contribution in [1.82, 2.24) is 20.9 Å². The summed E-state index contributed by atoms with van der Waals surface area (Å²) in [6.45, 7) is 5.03. The second-order valence-electron chi connectivity index (χ2n) is 7.79. The molecule has 0 aromatic heterocycles. The molecule has 0 aromatic carbocycles. The molecule has 5 unspecified atom stereocenters. The van der Waals surface area contributed by atoms with Crippen molar-refractivity contribution in [1.29, 1.82) is 0 Å². The third-order valence-electron chi connectivity index (χ3n) is 5.79. The molecule has 2 aliphatic heterocycles. The number of amides is 3. The molecule has 5 atom stereocenters. The molecule has 0 saturated carbocycles. The highest BCUT2D eigenvalue weighted by Crippen LogP contribution is 2.21. The van der Waals surface area contributed by atoms with Crippen LogP contribution in [0.1, 0.15) is 46.0 Å². The highest BCUT2D eigenvalue weighted by atomic mass is 32.1. The van der Waals surface area contributed by atoms with Gasteiger partial charge in [0.15, 0.2) is 0 Å². The van der Waals surface area contributed by atoms with Gasteiger partial charge in [0, 0.05) is 12.3 Å². The largest absolute Gasteiger partial charge is 0.480 e. The lowest BCUT2D eigenvalue weighted by Gasteiger charge is -2.30. The van der Waals surface area contributed by atoms with E-state index in [4.69, 9.17) is 5.11 Å². The van der Waals surface area contributed by atoms with Gasteiger partial charge in [0.05, 0.1) is 6.04 Å². The smallest absolute Gasteiger partial charge is 0.327 e. The molecule has 9 nitrogen and oxygen atoms in total. The molecule has 4 N–H and O–H groups in total. The lowest BCUT2D eigenvalue weighted by molar-refractivity contribution is -0.143. The van der Waals surface area contributed by atoms with Crippen molar-refractivity contribution in [2.75, 3.05) is 18.8 Å². The van der Waals surface area contributed by atoms with Gasteiger partial charge in [-0.2, -0.15) is 12.6 Å². The summed E-state index contributed by atoms with van der Waals surface area (Å²) in [7, 11) is 0. The van der Waals surface area contributed by atoms with Crippen LogP contribution < -0.4 is 16.0 Å². The first-order valence-corrected chi connectivity index (χ1v) is 10.9. The van der Waals surface area contributed by atoms with Crippen molar-refractivity contribution in [2.24, 2.45) is 5.92 Å². The fraction of sp³-hybridized carbons (Fsp3) is 0.789. The number of carboxylic acid groups (broad SMARTS) is 1. The van der Waals surface area contributed by atoms with E-state index in [2.05, 4.69) is 28.6 Å². The van der Waals surface area contributed by atoms with Gasteiger partial charge in [-0.1, -0.05) is 20.3 Å². The summed E-state index contributed by atoms with van der Waals surface area (Å²) in [5.41, 5.74) is 0. The van der Waals surface area contributed by atoms with E-state index < -0.39 is 30.0 Å². The number of rotatable bonds is 9. The van der Waals surface area contributed by atoms with Crippen molar-refractivity contribution in [2.45, 2.75) is 70.1 Å². The van der Waals surface area contributed by atoms with E-state index in [1.54, 1.807) is 4.90 Å². The van der Waals surface area contributed by atoms with E-state index in [-0.39, 0.29) is 29.5 Å². The fourth-order valence-electron chi connectivity index (χ4n) is 3.80. The van der Waals surface area contributed by atoms with Crippen molar-refractivity contribution in [3.63, 3.8) is 0 Å². The maximum atomic E-state index is 13.0. The lowest BCUT2D eigenvalue weighted by atomic mass is 9.97. The van der Waals surface area contributed by atoms with Gasteiger partial charge >= 0.3 is 5.97 Å². The number of carbonyl (C=O) groups excluding carboxylic acids is 3. The molecule has 2 aliphatic rings. The number of thiol groups is 1. The van der Waals surface area contributed by atoms with Crippen LogP contribution in [0.5, 0.6) is 0 Å². The average Bonchev–Trinajstić information content (AvgIpc) is 3.40. The lowest BCUT2D eigenvalue weighted by Crippen LogP contribution is -2.58. The van der Waals surface area contributed by atoms with E-state index in [1.165, 1.54) is 0 Å². The minimum absolute atomic E-state index is 0.0540. The SMILES string of the molecule is CCC(C)C(NC(=O)C1CCCN1C(=O)C1CCCN1)C(=O)NC(CS)C(=O)O. The number of nitrogens with one attached hydrogen (secondary N) is 3. The summed E-state index contributed by atoms with van der Waals surface area (Å²) in [6.07, 6.45) is 3.61. The van der Waals surface area contributed by atoms with Crippen molar-refractivity contribution in [3.8, 4) is 0 Å². The van der Waals surface area contributed by atoms with Crippen molar-refractivity contribution >= 4 is 36.3 Å². The molecule has 2 heterocycles. The predicted molar refractivity (Wildman–Crippen MR) is 111 cm³/mol. The van der Waals surface area contributed by atoms with Gasteiger partial charge in [-0.3, -0.25) is 14.4 Å². The Labute approximate surface area is 176 Å². The molecular weight excluding hydrogens is 396 g/mol. The van der Waals surface area contributed by atoms with Crippen LogP contribution in [0.2, 0.25) is 0 Å². The molecule has 29 heavy (non-hydrogen) atoms. The van der Waals surface area contributed by atoms with Gasteiger partial charge < -0.3 is 26.0 Å². The van der Waals surface area contributed by atoms with Crippen LogP contribution >= 0.6 is 12.6 Å². The molecule has 0 bridgehead atoms. The quantitative estimate of drug-likeness (QED) is 0.323. The standard InChI is InChI=1S/C19H32N4O5S/c1-3-11(2)15(17(25)21-13(10-29)19(27)28)22-16(24)14-7-5-9-23(14)18(26)12-6-4-8-20-12/h11-15,20,29H,3-10H2,1-2H3,(H,21,25)(H,22,24)(H,27,28). The zero-order valence-electron chi connectivity index (χ0n) is 17.0. The Morgan fingerprint density at radius 3 is 2.48 bits per heavy atom. The van der Waals surface area contributed by atoms with E-state index >= 15 is 0 Å². The third-order valence-corrected chi connectivity index (χ3v) is 6.15. The van der Waals surface area contributed by atoms with Crippen LogP contribution in [-0.2, 0) is 19.2 Å². The van der Waals surface area contributed by atoms with Crippen LogP contribution in [-0.4, -0.2) is 76.7 Å². The van der Waals surface area contributed by atoms with Crippen LogP contribution in [0, 0.1) is 5.92 Å². The predicted octanol–water partition coefficient (Wildman–Crippen LogP) is -0.240. The minimum atomic E-state index is -1.18. The fourth-order valence-corrected chi connectivity index (χ4v) is 4.04. The molecule has 2 rings (SSSR count). The highest BCUT2D eigenvalue weighted by Gasteiger charge is 2.39. The number of hydrogen-bond donors (Lipinski definition) is 5. The number of nitrogens with zero attached hydrogens (tertiary/aromatic N) is 1. The summed E-state index contributed by atoms with van der Waals surface area (Å²) in [5.74, 6) is -2.42. The van der Waals surface area contributed by atoms with E-state index in [9.17, 15) is 19.2 Å². The zero-order valence-corrected chi connectivity index (χ0v) is 17.9. The Morgan fingerprint density at radius 2 is 1.93 bits per heavy atom. The monoisotopic (exact) mass is 428 g/mol. The summed E-state index contributed by atoms with van der Waals surface area (Å²) < 4.78 is 0. The maximum Gasteiger partial charge on any atom is 0.327 e. The van der Waals surface area contributed by atoms with Crippen LogP contribution in [0.15, 0.2) is 0 Å². The van der Waals surface area contributed by atoms with Gasteiger partial charge in [0.25, 0.3) is 0 Å². The average molecular weight is 429 g/mol. The second kappa shape index (κ2) is 10.8. The number of carbonyl (C=O) groups is 4. The first kappa shape index (κ1) is 23.5.